The molecule has 0 atom stereocenters. The van der Waals surface area contributed by atoms with E-state index < -0.39 is 0 Å². The minimum atomic E-state index is -0.0988. The van der Waals surface area contributed by atoms with Crippen molar-refractivity contribution in [3.05, 3.63) is 34.3 Å². The number of ether oxygens (including phenoxy) is 2. The molecule has 0 unspecified atom stereocenters. The summed E-state index contributed by atoms with van der Waals surface area (Å²) in [6.07, 6.45) is 3.37. The third-order valence-electron chi connectivity index (χ3n) is 2.66. The fourth-order valence-electron chi connectivity index (χ4n) is 1.65. The molecule has 19 heavy (non-hydrogen) atoms. The van der Waals surface area contributed by atoms with Gasteiger partial charge in [-0.3, -0.25) is 4.79 Å². The summed E-state index contributed by atoms with van der Waals surface area (Å²) in [5.41, 5.74) is 1.18. The van der Waals surface area contributed by atoms with Crippen LogP contribution in [0.15, 0.2) is 28.7 Å². The fourth-order valence-corrected chi connectivity index (χ4v) is 1.92. The van der Waals surface area contributed by atoms with Gasteiger partial charge < -0.3 is 9.47 Å². The van der Waals surface area contributed by atoms with Gasteiger partial charge in [0.1, 0.15) is 0 Å². The number of carbonyl (C=O) groups excluding carboxylic acids is 1. The van der Waals surface area contributed by atoms with Crippen molar-refractivity contribution < 1.29 is 14.3 Å². The molecule has 0 bridgehead atoms. The lowest BCUT2D eigenvalue weighted by molar-refractivity contribution is -0.143. The Hall–Kier alpha value is -0.870. The summed E-state index contributed by atoms with van der Waals surface area (Å²) in [4.78, 5) is 11.1. The molecule has 0 aliphatic rings. The Labute approximate surface area is 123 Å². The topological polar surface area (TPSA) is 35.5 Å². The minimum absolute atomic E-state index is 0.0988. The maximum atomic E-state index is 11.1. The Balaban J connectivity index is 1.96. The largest absolute Gasteiger partial charge is 0.466 e. The summed E-state index contributed by atoms with van der Waals surface area (Å²) in [7, 11) is 0. The van der Waals surface area contributed by atoms with E-state index in [4.69, 9.17) is 9.47 Å². The summed E-state index contributed by atoms with van der Waals surface area (Å²) in [6, 6.07) is 8.12. The van der Waals surface area contributed by atoms with Crippen molar-refractivity contribution in [3.8, 4) is 0 Å². The van der Waals surface area contributed by atoms with Crippen molar-refractivity contribution in [2.45, 2.75) is 39.2 Å². The molecule has 0 radical (unpaired) electrons. The Morgan fingerprint density at radius 1 is 1.16 bits per heavy atom. The molecule has 106 valence electrons. The molecule has 0 amide bonds. The Kier molecular flexibility index (Phi) is 8.50. The van der Waals surface area contributed by atoms with Gasteiger partial charge in [-0.2, -0.15) is 0 Å². The van der Waals surface area contributed by atoms with E-state index in [1.807, 2.05) is 31.2 Å². The monoisotopic (exact) mass is 328 g/mol. The van der Waals surface area contributed by atoms with Crippen LogP contribution in [0.1, 0.15) is 38.2 Å². The van der Waals surface area contributed by atoms with Crippen LogP contribution in [0.2, 0.25) is 0 Å². The Bertz CT molecular complexity index is 362. The number of halogens is 1. The Morgan fingerprint density at radius 3 is 2.58 bits per heavy atom. The zero-order valence-electron chi connectivity index (χ0n) is 11.4. The van der Waals surface area contributed by atoms with Crippen molar-refractivity contribution >= 4 is 21.9 Å². The summed E-state index contributed by atoms with van der Waals surface area (Å²) in [5, 5.41) is 0. The zero-order valence-corrected chi connectivity index (χ0v) is 12.9. The number of unbranched alkanes of at least 4 members (excludes halogenated alkanes) is 2. The molecule has 0 N–H and O–H groups in total. The van der Waals surface area contributed by atoms with Gasteiger partial charge in [0, 0.05) is 17.5 Å². The van der Waals surface area contributed by atoms with E-state index in [9.17, 15) is 4.79 Å². The van der Waals surface area contributed by atoms with Crippen LogP contribution in [-0.4, -0.2) is 19.2 Å². The molecule has 0 aromatic heterocycles. The van der Waals surface area contributed by atoms with E-state index in [1.165, 1.54) is 5.56 Å². The van der Waals surface area contributed by atoms with Crippen molar-refractivity contribution in [2.24, 2.45) is 0 Å². The highest BCUT2D eigenvalue weighted by molar-refractivity contribution is 9.10. The molecule has 0 heterocycles. The molecular formula is C15H21BrO3. The van der Waals surface area contributed by atoms with Gasteiger partial charge in [0.05, 0.1) is 13.2 Å². The SMILES string of the molecule is CCOC(=O)CCCCCOCc1ccc(Br)cc1. The van der Waals surface area contributed by atoms with Crippen LogP contribution in [0.3, 0.4) is 0 Å². The summed E-state index contributed by atoms with van der Waals surface area (Å²) < 4.78 is 11.5. The molecule has 0 saturated carbocycles. The molecule has 1 rings (SSSR count). The van der Waals surface area contributed by atoms with Crippen molar-refractivity contribution in [3.63, 3.8) is 0 Å². The number of hydrogen-bond donors (Lipinski definition) is 0. The van der Waals surface area contributed by atoms with E-state index in [0.29, 0.717) is 19.6 Å². The number of benzene rings is 1. The molecule has 0 aliphatic heterocycles. The van der Waals surface area contributed by atoms with Gasteiger partial charge in [0.25, 0.3) is 0 Å². The van der Waals surface area contributed by atoms with Gasteiger partial charge in [-0.25, -0.2) is 0 Å². The van der Waals surface area contributed by atoms with Gasteiger partial charge in [-0.05, 0) is 37.5 Å². The van der Waals surface area contributed by atoms with Gasteiger partial charge in [0.15, 0.2) is 0 Å². The van der Waals surface area contributed by atoms with Crippen LogP contribution < -0.4 is 0 Å². The predicted octanol–water partition coefficient (Wildman–Crippen LogP) is 4.09. The average molecular weight is 329 g/mol. The number of esters is 1. The van der Waals surface area contributed by atoms with Crippen molar-refractivity contribution in [1.82, 2.24) is 0 Å². The van der Waals surface area contributed by atoms with Crippen LogP contribution in [0.4, 0.5) is 0 Å². The summed E-state index contributed by atoms with van der Waals surface area (Å²) >= 11 is 3.40. The lowest BCUT2D eigenvalue weighted by Crippen LogP contribution is -2.03. The van der Waals surface area contributed by atoms with Gasteiger partial charge in [0.2, 0.25) is 0 Å². The molecule has 3 nitrogen and oxygen atoms in total. The summed E-state index contributed by atoms with van der Waals surface area (Å²) in [6.45, 7) is 3.67. The maximum absolute atomic E-state index is 11.1. The highest BCUT2D eigenvalue weighted by Gasteiger charge is 2.00. The Morgan fingerprint density at radius 2 is 1.89 bits per heavy atom. The highest BCUT2D eigenvalue weighted by atomic mass is 79.9. The number of carbonyl (C=O) groups is 1. The van der Waals surface area contributed by atoms with E-state index in [2.05, 4.69) is 15.9 Å². The van der Waals surface area contributed by atoms with Crippen LogP contribution >= 0.6 is 15.9 Å². The molecule has 0 fully saturated rings. The minimum Gasteiger partial charge on any atom is -0.466 e. The normalized spacial score (nSPS) is 10.4. The summed E-state index contributed by atoms with van der Waals surface area (Å²) in [5.74, 6) is -0.0988. The second kappa shape index (κ2) is 9.98. The molecule has 0 aliphatic carbocycles. The van der Waals surface area contributed by atoms with Gasteiger partial charge in [-0.1, -0.05) is 34.5 Å². The molecule has 1 aromatic rings. The fraction of sp³-hybridized carbons (Fsp3) is 0.533. The van der Waals surface area contributed by atoms with Crippen molar-refractivity contribution in [2.75, 3.05) is 13.2 Å². The van der Waals surface area contributed by atoms with E-state index >= 15 is 0 Å². The zero-order chi connectivity index (χ0) is 13.9. The number of hydrogen-bond acceptors (Lipinski definition) is 3. The molecule has 0 saturated heterocycles. The van der Waals surface area contributed by atoms with Crippen molar-refractivity contribution in [1.29, 1.82) is 0 Å². The van der Waals surface area contributed by atoms with Gasteiger partial charge >= 0.3 is 5.97 Å². The molecule has 0 spiro atoms. The van der Waals surface area contributed by atoms with Crippen LogP contribution in [0, 0.1) is 0 Å². The third kappa shape index (κ3) is 8.01. The molecule has 1 aromatic carbocycles. The molecule has 4 heteroatoms. The standard InChI is InChI=1S/C15H21BrO3/c1-2-19-15(17)6-4-3-5-11-18-12-13-7-9-14(16)10-8-13/h7-10H,2-6,11-12H2,1H3. The second-order valence-corrected chi connectivity index (χ2v) is 5.21. The van der Waals surface area contributed by atoms with E-state index in [0.717, 1.165) is 30.3 Å². The smallest absolute Gasteiger partial charge is 0.305 e. The first-order valence-electron chi connectivity index (χ1n) is 6.70. The highest BCUT2D eigenvalue weighted by Crippen LogP contribution is 2.11. The van der Waals surface area contributed by atoms with E-state index in [-0.39, 0.29) is 5.97 Å². The quantitative estimate of drug-likeness (QED) is 0.506. The van der Waals surface area contributed by atoms with E-state index in [1.54, 1.807) is 0 Å². The third-order valence-corrected chi connectivity index (χ3v) is 3.19. The second-order valence-electron chi connectivity index (χ2n) is 4.29. The first-order chi connectivity index (χ1) is 9.22. The first-order valence-corrected chi connectivity index (χ1v) is 7.49. The lowest BCUT2D eigenvalue weighted by atomic mass is 10.2. The average Bonchev–Trinajstić information content (AvgIpc) is 2.40. The lowest BCUT2D eigenvalue weighted by Gasteiger charge is -2.05. The molecular weight excluding hydrogens is 308 g/mol. The van der Waals surface area contributed by atoms with Crippen LogP contribution in [0.5, 0.6) is 0 Å². The van der Waals surface area contributed by atoms with Crippen LogP contribution in [0.25, 0.3) is 0 Å². The predicted molar refractivity (Wildman–Crippen MR) is 78.9 cm³/mol. The van der Waals surface area contributed by atoms with Gasteiger partial charge in [-0.15, -0.1) is 0 Å². The first kappa shape index (κ1) is 16.2. The maximum Gasteiger partial charge on any atom is 0.305 e. The number of rotatable bonds is 9. The van der Waals surface area contributed by atoms with Crippen LogP contribution in [-0.2, 0) is 20.9 Å².